The second-order valence-corrected chi connectivity index (χ2v) is 7.88. The molecular formula is C20H16Cl3N3O2. The highest BCUT2D eigenvalue weighted by Crippen LogP contribution is 2.46. The normalized spacial score (nSPS) is 19.0. The van der Waals surface area contributed by atoms with Crippen LogP contribution in [-0.2, 0) is 11.8 Å². The second-order valence-electron chi connectivity index (χ2n) is 6.60. The molecule has 1 saturated heterocycles. The van der Waals surface area contributed by atoms with Crippen LogP contribution in [0.4, 0.5) is 5.69 Å². The van der Waals surface area contributed by atoms with E-state index in [0.717, 1.165) is 0 Å². The highest BCUT2D eigenvalue weighted by molar-refractivity contribution is 6.40. The van der Waals surface area contributed by atoms with Crippen LogP contribution in [0.25, 0.3) is 5.69 Å². The van der Waals surface area contributed by atoms with Gasteiger partial charge in [-0.25, -0.2) is 4.68 Å². The van der Waals surface area contributed by atoms with E-state index in [0.29, 0.717) is 27.0 Å². The van der Waals surface area contributed by atoms with Crippen LogP contribution in [0.3, 0.4) is 0 Å². The zero-order valence-corrected chi connectivity index (χ0v) is 17.3. The number of β-lactam (4-membered cyclic amide) rings is 1. The fourth-order valence-electron chi connectivity index (χ4n) is 3.60. The van der Waals surface area contributed by atoms with Gasteiger partial charge < -0.3 is 0 Å². The summed E-state index contributed by atoms with van der Waals surface area (Å²) >= 11 is 19.0. The molecule has 2 atom stereocenters. The summed E-state index contributed by atoms with van der Waals surface area (Å²) in [6.45, 7) is 1.79. The van der Waals surface area contributed by atoms with Gasteiger partial charge in [0.1, 0.15) is 11.1 Å². The molecule has 0 spiro atoms. The van der Waals surface area contributed by atoms with Crippen molar-refractivity contribution >= 4 is 46.4 Å². The summed E-state index contributed by atoms with van der Waals surface area (Å²) in [4.78, 5) is 27.4. The molecule has 2 heterocycles. The van der Waals surface area contributed by atoms with Crippen molar-refractivity contribution in [2.45, 2.75) is 18.3 Å². The van der Waals surface area contributed by atoms with Gasteiger partial charge in [-0.2, -0.15) is 0 Å². The van der Waals surface area contributed by atoms with Crippen molar-refractivity contribution in [2.75, 3.05) is 4.90 Å². The van der Waals surface area contributed by atoms with Crippen LogP contribution in [0.1, 0.15) is 17.3 Å². The Balaban J connectivity index is 1.90. The minimum Gasteiger partial charge on any atom is -0.295 e. The lowest BCUT2D eigenvalue weighted by atomic mass is 9.92. The lowest BCUT2D eigenvalue weighted by Crippen LogP contribution is -2.58. The molecule has 0 bridgehead atoms. The van der Waals surface area contributed by atoms with Crippen LogP contribution in [0, 0.1) is 6.92 Å². The third-order valence-electron chi connectivity index (χ3n) is 5.09. The lowest BCUT2D eigenvalue weighted by Gasteiger charge is -2.44. The number of rotatable bonds is 3. The number of benzene rings is 2. The Kier molecular flexibility index (Phi) is 4.78. The summed E-state index contributed by atoms with van der Waals surface area (Å²) in [5, 5.41) is -0.0446. The summed E-state index contributed by atoms with van der Waals surface area (Å²) in [5.41, 5.74) is 1.84. The Morgan fingerprint density at radius 1 is 0.929 bits per heavy atom. The molecule has 1 aliphatic heterocycles. The van der Waals surface area contributed by atoms with Gasteiger partial charge in [-0.1, -0.05) is 47.5 Å². The number of halogens is 3. The standard InChI is InChI=1S/C20H16Cl3N3O2/c1-11-17(20(28)26(24(11)2)12-7-4-3-5-8-12)25-18(16(23)19(25)27)15-13(21)9-6-10-14(15)22/h3-10,16,18H,1-2H3. The van der Waals surface area contributed by atoms with Crippen LogP contribution >= 0.6 is 34.8 Å². The number of carbonyl (C=O) groups is 1. The third-order valence-corrected chi connectivity index (χ3v) is 6.17. The first-order chi connectivity index (χ1) is 13.3. The van der Waals surface area contributed by atoms with Crippen molar-refractivity contribution in [1.29, 1.82) is 0 Å². The number of aromatic nitrogens is 2. The van der Waals surface area contributed by atoms with Crippen molar-refractivity contribution < 1.29 is 4.79 Å². The molecule has 1 amide bonds. The predicted molar refractivity (Wildman–Crippen MR) is 112 cm³/mol. The van der Waals surface area contributed by atoms with E-state index in [-0.39, 0.29) is 17.2 Å². The van der Waals surface area contributed by atoms with Crippen LogP contribution in [0.2, 0.25) is 10.0 Å². The first-order valence-electron chi connectivity index (χ1n) is 8.59. The fraction of sp³-hybridized carbons (Fsp3) is 0.200. The molecule has 1 aliphatic rings. The molecule has 1 fully saturated rings. The van der Waals surface area contributed by atoms with E-state index in [1.807, 2.05) is 30.3 Å². The van der Waals surface area contributed by atoms with E-state index in [1.54, 1.807) is 36.9 Å². The molecule has 5 nitrogen and oxygen atoms in total. The number of anilines is 1. The highest BCUT2D eigenvalue weighted by Gasteiger charge is 2.51. The molecule has 2 unspecified atom stereocenters. The second kappa shape index (κ2) is 6.99. The molecular weight excluding hydrogens is 421 g/mol. The minimum atomic E-state index is -0.846. The van der Waals surface area contributed by atoms with Gasteiger partial charge >= 0.3 is 0 Å². The number of nitrogens with zero attached hydrogens (tertiary/aromatic N) is 3. The maximum Gasteiger partial charge on any atom is 0.295 e. The molecule has 0 saturated carbocycles. The average molecular weight is 437 g/mol. The Bertz CT molecular complexity index is 1120. The topological polar surface area (TPSA) is 47.2 Å². The molecule has 144 valence electrons. The van der Waals surface area contributed by atoms with Crippen LogP contribution in [0.5, 0.6) is 0 Å². The Morgan fingerprint density at radius 3 is 2.14 bits per heavy atom. The van der Waals surface area contributed by atoms with Crippen molar-refractivity contribution in [1.82, 2.24) is 9.36 Å². The molecule has 0 radical (unpaired) electrons. The SMILES string of the molecule is Cc1c(N2C(=O)C(Cl)C2c2c(Cl)cccc2Cl)c(=O)n(-c2ccccc2)n1C. The number of alkyl halides is 1. The molecule has 4 rings (SSSR count). The summed E-state index contributed by atoms with van der Waals surface area (Å²) in [6.07, 6.45) is 0. The first-order valence-corrected chi connectivity index (χ1v) is 9.79. The fourth-order valence-corrected chi connectivity index (χ4v) is 4.57. The molecule has 3 aromatic rings. The molecule has 28 heavy (non-hydrogen) atoms. The van der Waals surface area contributed by atoms with Crippen LogP contribution in [-0.4, -0.2) is 20.6 Å². The van der Waals surface area contributed by atoms with Gasteiger partial charge in [0, 0.05) is 22.7 Å². The van der Waals surface area contributed by atoms with Crippen LogP contribution < -0.4 is 10.5 Å². The van der Waals surface area contributed by atoms with Crippen molar-refractivity contribution in [3.05, 3.63) is 80.2 Å². The van der Waals surface area contributed by atoms with Gasteiger partial charge in [-0.05, 0) is 31.2 Å². The van der Waals surface area contributed by atoms with E-state index in [9.17, 15) is 9.59 Å². The van der Waals surface area contributed by atoms with Gasteiger partial charge in [0.15, 0.2) is 0 Å². The van der Waals surface area contributed by atoms with E-state index in [2.05, 4.69) is 0 Å². The largest absolute Gasteiger partial charge is 0.295 e. The number of hydrogen-bond donors (Lipinski definition) is 0. The maximum absolute atomic E-state index is 13.3. The summed E-state index contributed by atoms with van der Waals surface area (Å²) in [6, 6.07) is 13.7. The van der Waals surface area contributed by atoms with E-state index in [1.165, 1.54) is 9.58 Å². The van der Waals surface area contributed by atoms with E-state index < -0.39 is 11.4 Å². The highest BCUT2D eigenvalue weighted by atomic mass is 35.5. The monoisotopic (exact) mass is 435 g/mol. The molecule has 1 aromatic heterocycles. The van der Waals surface area contributed by atoms with Crippen LogP contribution in [0.15, 0.2) is 53.3 Å². The third kappa shape index (κ3) is 2.69. The van der Waals surface area contributed by atoms with E-state index >= 15 is 0 Å². The predicted octanol–water partition coefficient (Wildman–Crippen LogP) is 4.49. The zero-order valence-electron chi connectivity index (χ0n) is 15.1. The van der Waals surface area contributed by atoms with Gasteiger partial charge in [-0.3, -0.25) is 19.2 Å². The summed E-state index contributed by atoms with van der Waals surface area (Å²) < 4.78 is 3.23. The summed E-state index contributed by atoms with van der Waals surface area (Å²) in [7, 11) is 1.77. The van der Waals surface area contributed by atoms with E-state index in [4.69, 9.17) is 34.8 Å². The number of para-hydroxylation sites is 1. The maximum atomic E-state index is 13.3. The Morgan fingerprint density at radius 2 is 1.54 bits per heavy atom. The number of amides is 1. The molecule has 0 aliphatic carbocycles. The summed E-state index contributed by atoms with van der Waals surface area (Å²) in [5.74, 6) is -0.353. The lowest BCUT2D eigenvalue weighted by molar-refractivity contribution is -0.123. The van der Waals surface area contributed by atoms with Gasteiger partial charge in [-0.15, -0.1) is 11.6 Å². The van der Waals surface area contributed by atoms with Crippen molar-refractivity contribution in [3.63, 3.8) is 0 Å². The first kappa shape index (κ1) is 19.1. The minimum absolute atomic E-state index is 0.272. The number of carbonyl (C=O) groups excluding carboxylic acids is 1. The van der Waals surface area contributed by atoms with Crippen molar-refractivity contribution in [3.8, 4) is 5.69 Å². The van der Waals surface area contributed by atoms with Gasteiger partial charge in [0.25, 0.3) is 5.56 Å². The van der Waals surface area contributed by atoms with Crippen molar-refractivity contribution in [2.24, 2.45) is 7.05 Å². The average Bonchev–Trinajstić information content (AvgIpc) is 2.90. The Hall–Kier alpha value is -2.21. The number of hydrogen-bond acceptors (Lipinski definition) is 2. The quantitative estimate of drug-likeness (QED) is 0.449. The smallest absolute Gasteiger partial charge is 0.295 e. The Labute approximate surface area is 176 Å². The molecule has 8 heteroatoms. The van der Waals surface area contributed by atoms with Gasteiger partial charge in [0.2, 0.25) is 5.91 Å². The molecule has 2 aromatic carbocycles. The molecule has 0 N–H and O–H groups in total. The zero-order chi connectivity index (χ0) is 20.2. The van der Waals surface area contributed by atoms with Gasteiger partial charge in [0.05, 0.1) is 17.4 Å².